The van der Waals surface area contributed by atoms with Crippen molar-refractivity contribution in [2.24, 2.45) is 5.73 Å². The molecule has 3 aromatic rings. The van der Waals surface area contributed by atoms with Gasteiger partial charge < -0.3 is 15.6 Å². The van der Waals surface area contributed by atoms with Crippen molar-refractivity contribution >= 4 is 16.9 Å². The van der Waals surface area contributed by atoms with Crippen LogP contribution in [0, 0.1) is 0 Å². The van der Waals surface area contributed by atoms with Gasteiger partial charge in [-0.25, -0.2) is 4.98 Å². The molecule has 0 radical (unpaired) electrons. The summed E-state index contributed by atoms with van der Waals surface area (Å²) in [6.07, 6.45) is 5.11. The van der Waals surface area contributed by atoms with Gasteiger partial charge in [-0.3, -0.25) is 4.79 Å². The van der Waals surface area contributed by atoms with Crippen LogP contribution in [0.2, 0.25) is 0 Å². The summed E-state index contributed by atoms with van der Waals surface area (Å²) in [5.74, 6) is 0.304. The molecule has 2 heterocycles. The van der Waals surface area contributed by atoms with E-state index in [-0.39, 0.29) is 0 Å². The summed E-state index contributed by atoms with van der Waals surface area (Å²) >= 11 is 0. The van der Waals surface area contributed by atoms with Gasteiger partial charge in [0.05, 0.1) is 11.1 Å². The molecular weight excluding hydrogens is 324 g/mol. The average molecular weight is 348 g/mol. The number of nitrogens with one attached hydrogen (secondary N) is 1. The van der Waals surface area contributed by atoms with Gasteiger partial charge in [0.1, 0.15) is 11.3 Å². The van der Waals surface area contributed by atoms with E-state index in [1.807, 2.05) is 12.1 Å². The average Bonchev–Trinajstić information content (AvgIpc) is 3.11. The number of aromatic amines is 1. The molecule has 0 saturated carbocycles. The minimum Gasteiger partial charge on any atom is -0.366 e. The second-order valence-electron chi connectivity index (χ2n) is 7.00. The van der Waals surface area contributed by atoms with Gasteiger partial charge in [-0.05, 0) is 50.0 Å². The third kappa shape index (κ3) is 3.48. The van der Waals surface area contributed by atoms with Crippen molar-refractivity contribution in [2.45, 2.75) is 25.7 Å². The molecule has 1 aliphatic heterocycles. The Labute approximate surface area is 153 Å². The van der Waals surface area contributed by atoms with Crippen molar-refractivity contribution in [1.29, 1.82) is 0 Å². The lowest BCUT2D eigenvalue weighted by Gasteiger charge is -2.26. The zero-order valence-corrected chi connectivity index (χ0v) is 14.9. The van der Waals surface area contributed by atoms with E-state index < -0.39 is 5.91 Å². The number of rotatable bonds is 5. The second-order valence-corrected chi connectivity index (χ2v) is 7.00. The summed E-state index contributed by atoms with van der Waals surface area (Å²) in [6.45, 7) is 3.60. The van der Waals surface area contributed by atoms with E-state index in [0.717, 1.165) is 29.9 Å². The molecule has 1 saturated heterocycles. The van der Waals surface area contributed by atoms with Gasteiger partial charge in [-0.15, -0.1) is 0 Å². The molecule has 5 nitrogen and oxygen atoms in total. The van der Waals surface area contributed by atoms with E-state index in [9.17, 15) is 4.79 Å². The lowest BCUT2D eigenvalue weighted by Crippen LogP contribution is -2.31. The smallest absolute Gasteiger partial charge is 0.250 e. The summed E-state index contributed by atoms with van der Waals surface area (Å²) in [5.41, 5.74) is 9.70. The van der Waals surface area contributed by atoms with Crippen LogP contribution in [0.5, 0.6) is 0 Å². The van der Waals surface area contributed by atoms with Gasteiger partial charge >= 0.3 is 0 Å². The third-order valence-corrected chi connectivity index (χ3v) is 5.17. The van der Waals surface area contributed by atoms with Gasteiger partial charge in [-0.2, -0.15) is 0 Å². The van der Waals surface area contributed by atoms with Crippen LogP contribution in [0.1, 0.15) is 35.2 Å². The minimum absolute atomic E-state index is 0.447. The summed E-state index contributed by atoms with van der Waals surface area (Å²) in [6, 6.07) is 13.9. The highest BCUT2D eigenvalue weighted by atomic mass is 16.1. The number of nitrogens with zero attached hydrogens (tertiary/aromatic N) is 2. The molecule has 1 aliphatic rings. The Morgan fingerprint density at radius 1 is 1.08 bits per heavy atom. The molecule has 2 aromatic carbocycles. The Bertz CT molecular complexity index is 907. The molecule has 1 amide bonds. The number of nitrogens with two attached hydrogens (primary N) is 1. The first-order valence-electron chi connectivity index (χ1n) is 9.31. The number of hydrogen-bond acceptors (Lipinski definition) is 3. The van der Waals surface area contributed by atoms with Crippen molar-refractivity contribution in [2.75, 3.05) is 19.6 Å². The first kappa shape index (κ1) is 16.8. The monoisotopic (exact) mass is 348 g/mol. The molecule has 0 atom stereocenters. The number of piperidine rings is 1. The van der Waals surface area contributed by atoms with Gasteiger partial charge in [0.2, 0.25) is 0 Å². The molecule has 0 unspecified atom stereocenters. The van der Waals surface area contributed by atoms with Crippen LogP contribution in [-0.4, -0.2) is 40.4 Å². The highest BCUT2D eigenvalue weighted by Crippen LogP contribution is 2.23. The molecule has 134 valence electrons. The van der Waals surface area contributed by atoms with Gasteiger partial charge in [-0.1, -0.05) is 36.8 Å². The topological polar surface area (TPSA) is 75.0 Å². The Kier molecular flexibility index (Phi) is 4.71. The number of fused-ring (bicyclic) bond motifs is 1. The van der Waals surface area contributed by atoms with Crippen LogP contribution >= 0.6 is 0 Å². The number of hydrogen-bond donors (Lipinski definition) is 2. The molecule has 26 heavy (non-hydrogen) atoms. The number of carbonyl (C=O) groups is 1. The molecule has 4 rings (SSSR count). The Balaban J connectivity index is 1.50. The Morgan fingerprint density at radius 2 is 1.85 bits per heavy atom. The molecule has 3 N–H and O–H groups in total. The maximum absolute atomic E-state index is 11.6. The maximum atomic E-state index is 11.6. The Morgan fingerprint density at radius 3 is 2.58 bits per heavy atom. The summed E-state index contributed by atoms with van der Waals surface area (Å²) in [7, 11) is 0. The number of amides is 1. The normalized spacial score (nSPS) is 15.4. The molecule has 5 heteroatoms. The second kappa shape index (κ2) is 7.30. The predicted molar refractivity (Wildman–Crippen MR) is 104 cm³/mol. The number of imidazole rings is 1. The van der Waals surface area contributed by atoms with Crippen molar-refractivity contribution in [3.8, 4) is 11.4 Å². The maximum Gasteiger partial charge on any atom is 0.250 e. The molecule has 0 bridgehead atoms. The minimum atomic E-state index is -0.457. The number of primary amides is 1. The highest BCUT2D eigenvalue weighted by Gasteiger charge is 2.13. The van der Waals surface area contributed by atoms with E-state index in [2.05, 4.69) is 39.1 Å². The van der Waals surface area contributed by atoms with Gasteiger partial charge in [0.15, 0.2) is 0 Å². The van der Waals surface area contributed by atoms with E-state index in [1.54, 1.807) is 6.07 Å². The fraction of sp³-hybridized carbons (Fsp3) is 0.333. The predicted octanol–water partition coefficient (Wildman–Crippen LogP) is 3.36. The van der Waals surface area contributed by atoms with Crippen LogP contribution in [-0.2, 0) is 6.42 Å². The zero-order chi connectivity index (χ0) is 17.9. The van der Waals surface area contributed by atoms with Crippen LogP contribution < -0.4 is 5.73 Å². The van der Waals surface area contributed by atoms with Crippen LogP contribution in [0.15, 0.2) is 42.5 Å². The number of para-hydroxylation sites is 1. The number of carbonyl (C=O) groups excluding carboxylic acids is 1. The summed E-state index contributed by atoms with van der Waals surface area (Å²) < 4.78 is 0. The molecule has 1 aromatic heterocycles. The van der Waals surface area contributed by atoms with Crippen molar-refractivity contribution in [3.63, 3.8) is 0 Å². The van der Waals surface area contributed by atoms with Gasteiger partial charge in [0, 0.05) is 12.1 Å². The number of H-pyrrole nitrogens is 1. The van der Waals surface area contributed by atoms with E-state index >= 15 is 0 Å². The standard InChI is InChI=1S/C21H24N4O/c22-20(26)17-5-4-6-18-19(17)24-21(23-18)16-9-7-15(8-10-16)11-14-25-12-2-1-3-13-25/h4-10H,1-3,11-14H2,(H2,22,26)(H,23,24). The Hall–Kier alpha value is -2.66. The van der Waals surface area contributed by atoms with Crippen LogP contribution in [0.3, 0.4) is 0 Å². The SMILES string of the molecule is NC(=O)c1cccc2[nH]c(-c3ccc(CCN4CCCCC4)cc3)nc12. The van der Waals surface area contributed by atoms with Crippen molar-refractivity contribution < 1.29 is 4.79 Å². The van der Waals surface area contributed by atoms with Crippen LogP contribution in [0.4, 0.5) is 0 Å². The molecule has 1 fully saturated rings. The summed E-state index contributed by atoms with van der Waals surface area (Å²) in [5, 5.41) is 0. The van der Waals surface area contributed by atoms with Gasteiger partial charge in [0.25, 0.3) is 5.91 Å². The first-order valence-corrected chi connectivity index (χ1v) is 9.31. The third-order valence-electron chi connectivity index (χ3n) is 5.17. The number of benzene rings is 2. The van der Waals surface area contributed by atoms with Crippen LogP contribution in [0.25, 0.3) is 22.4 Å². The molecule has 0 spiro atoms. The number of aromatic nitrogens is 2. The lowest BCUT2D eigenvalue weighted by molar-refractivity contribution is 0.100. The van der Waals surface area contributed by atoms with E-state index in [4.69, 9.17) is 5.73 Å². The fourth-order valence-electron chi connectivity index (χ4n) is 3.67. The quantitative estimate of drug-likeness (QED) is 0.742. The largest absolute Gasteiger partial charge is 0.366 e. The zero-order valence-electron chi connectivity index (χ0n) is 14.9. The fourth-order valence-corrected chi connectivity index (χ4v) is 3.67. The molecule has 0 aliphatic carbocycles. The summed E-state index contributed by atoms with van der Waals surface area (Å²) in [4.78, 5) is 22.0. The van der Waals surface area contributed by atoms with Crippen molar-refractivity contribution in [1.82, 2.24) is 14.9 Å². The highest BCUT2D eigenvalue weighted by molar-refractivity contribution is 6.04. The lowest BCUT2D eigenvalue weighted by atomic mass is 10.1. The van der Waals surface area contributed by atoms with Crippen molar-refractivity contribution in [3.05, 3.63) is 53.6 Å². The number of likely N-dealkylation sites (tertiary alicyclic amines) is 1. The van der Waals surface area contributed by atoms with E-state index in [0.29, 0.717) is 11.1 Å². The molecular formula is C21H24N4O. The van der Waals surface area contributed by atoms with E-state index in [1.165, 1.54) is 37.9 Å². The first-order chi connectivity index (χ1) is 12.7.